The Hall–Kier alpha value is 0.290. The van der Waals surface area contributed by atoms with Crippen LogP contribution in [0, 0.1) is 17.3 Å². The molecule has 0 aromatic heterocycles. The first-order chi connectivity index (χ1) is 12.0. The Labute approximate surface area is 161 Å². The maximum absolute atomic E-state index is 12.6. The lowest BCUT2D eigenvalue weighted by molar-refractivity contribution is -0.129. The number of fused-ring (bicyclic) bond motifs is 1. The van der Waals surface area contributed by atoms with E-state index >= 15 is 0 Å². The predicted molar refractivity (Wildman–Crippen MR) is 107 cm³/mol. The van der Waals surface area contributed by atoms with E-state index in [0.29, 0.717) is 29.3 Å². The topological polar surface area (TPSA) is 57.5 Å². The smallest absolute Gasteiger partial charge is 0.143 e. The van der Waals surface area contributed by atoms with Crippen molar-refractivity contribution >= 4 is 29.3 Å². The van der Waals surface area contributed by atoms with E-state index in [1.165, 1.54) is 51.4 Å². The molecular weight excluding hydrogens is 352 g/mol. The Morgan fingerprint density at radius 1 is 1.04 bits per heavy atom. The molecule has 5 heteroatoms. The van der Waals surface area contributed by atoms with Crippen molar-refractivity contribution < 1.29 is 15.0 Å². The first-order valence-corrected chi connectivity index (χ1v) is 12.3. The second-order valence-electron chi connectivity index (χ2n) is 8.42. The molecule has 3 nitrogen and oxygen atoms in total. The number of thioether (sulfide) groups is 2. The van der Waals surface area contributed by atoms with Gasteiger partial charge in [-0.15, -0.1) is 11.8 Å². The quantitative estimate of drug-likeness (QED) is 0.759. The van der Waals surface area contributed by atoms with Gasteiger partial charge in [-0.2, -0.15) is 11.8 Å². The second-order valence-corrected chi connectivity index (χ2v) is 10.9. The Balaban J connectivity index is 1.97. The van der Waals surface area contributed by atoms with Crippen LogP contribution in [0.25, 0.3) is 0 Å². The van der Waals surface area contributed by atoms with E-state index in [-0.39, 0.29) is 16.4 Å². The predicted octanol–water partition coefficient (Wildman–Crippen LogP) is 4.25. The van der Waals surface area contributed by atoms with Crippen molar-refractivity contribution in [3.63, 3.8) is 0 Å². The summed E-state index contributed by atoms with van der Waals surface area (Å²) in [7, 11) is 0. The summed E-state index contributed by atoms with van der Waals surface area (Å²) in [5.74, 6) is 1.12. The fraction of sp³-hybridized carbons (Fsp3) is 0.950. The van der Waals surface area contributed by atoms with Gasteiger partial charge in [0.05, 0.1) is 22.0 Å². The Bertz CT molecular complexity index is 462. The van der Waals surface area contributed by atoms with E-state index < -0.39 is 12.2 Å². The van der Waals surface area contributed by atoms with Crippen molar-refractivity contribution in [1.82, 2.24) is 0 Å². The largest absolute Gasteiger partial charge is 0.390 e. The average molecular weight is 387 g/mol. The lowest BCUT2D eigenvalue weighted by atomic mass is 9.55. The number of Topliss-reactive ketones (excluding diaryl/α,β-unsaturated/α-hetero) is 1. The number of aliphatic hydroxyl groups is 2. The molecule has 2 aliphatic carbocycles. The molecule has 2 N–H and O–H groups in total. The van der Waals surface area contributed by atoms with E-state index in [2.05, 4.69) is 6.26 Å². The van der Waals surface area contributed by atoms with Gasteiger partial charge in [-0.25, -0.2) is 0 Å². The number of rotatable bonds is 3. The van der Waals surface area contributed by atoms with Crippen molar-refractivity contribution in [3.8, 4) is 0 Å². The molecule has 0 spiro atoms. The SMILES string of the molecule is CSC1SC(C(C)=O)C2(C3CCCCCCCC3)CC(O)C(O)CC12. The van der Waals surface area contributed by atoms with Crippen molar-refractivity contribution in [3.05, 3.63) is 0 Å². The lowest BCUT2D eigenvalue weighted by Crippen LogP contribution is -2.54. The summed E-state index contributed by atoms with van der Waals surface area (Å²) in [6, 6.07) is 0. The van der Waals surface area contributed by atoms with Crippen molar-refractivity contribution in [2.24, 2.45) is 17.3 Å². The molecule has 0 amide bonds. The first kappa shape index (κ1) is 20.0. The zero-order valence-electron chi connectivity index (χ0n) is 15.7. The Kier molecular flexibility index (Phi) is 6.84. The molecule has 144 valence electrons. The summed E-state index contributed by atoms with van der Waals surface area (Å²) in [5.41, 5.74) is -0.118. The standard InChI is InChI=1S/C20H34O3S2/c1-13(21)18-20(14-9-7-5-3-4-6-8-10-14)12-17(23)16(22)11-15(20)19(24-2)25-18/h14-19,22-23H,3-12H2,1-2H3. The highest BCUT2D eigenvalue weighted by molar-refractivity contribution is 8.17. The zero-order valence-corrected chi connectivity index (χ0v) is 17.3. The third-order valence-electron chi connectivity index (χ3n) is 7.00. The monoisotopic (exact) mass is 386 g/mol. The molecular formula is C20H34O3S2. The van der Waals surface area contributed by atoms with E-state index in [4.69, 9.17) is 0 Å². The maximum atomic E-state index is 12.6. The molecule has 0 radical (unpaired) electrons. The van der Waals surface area contributed by atoms with Crippen LogP contribution in [0.4, 0.5) is 0 Å². The van der Waals surface area contributed by atoms with Gasteiger partial charge in [-0.3, -0.25) is 4.79 Å². The number of hydrogen-bond donors (Lipinski definition) is 2. The maximum Gasteiger partial charge on any atom is 0.143 e. The summed E-state index contributed by atoms with van der Waals surface area (Å²) in [6.45, 7) is 1.74. The number of carbonyl (C=O) groups excluding carboxylic acids is 1. The normalized spacial score (nSPS) is 43.8. The highest BCUT2D eigenvalue weighted by Crippen LogP contribution is 2.65. The lowest BCUT2D eigenvalue weighted by Gasteiger charge is -2.51. The fourth-order valence-electron chi connectivity index (χ4n) is 5.86. The minimum absolute atomic E-state index is 0.0112. The molecule has 1 heterocycles. The molecule has 3 aliphatic rings. The van der Waals surface area contributed by atoms with Crippen LogP contribution in [0.15, 0.2) is 0 Å². The van der Waals surface area contributed by atoms with Gasteiger partial charge >= 0.3 is 0 Å². The number of ketones is 1. The third-order valence-corrected chi connectivity index (χ3v) is 10.3. The van der Waals surface area contributed by atoms with Crippen LogP contribution in [-0.4, -0.2) is 44.3 Å². The van der Waals surface area contributed by atoms with E-state index in [0.717, 1.165) is 0 Å². The van der Waals surface area contributed by atoms with Gasteiger partial charge in [0, 0.05) is 0 Å². The van der Waals surface area contributed by atoms with Gasteiger partial charge in [-0.05, 0) is 56.1 Å². The fourth-order valence-corrected chi connectivity index (χ4v) is 9.06. The molecule has 6 unspecified atom stereocenters. The van der Waals surface area contributed by atoms with Gasteiger partial charge in [0.15, 0.2) is 0 Å². The Morgan fingerprint density at radius 3 is 2.20 bits per heavy atom. The zero-order chi connectivity index (χ0) is 18.0. The van der Waals surface area contributed by atoms with Crippen molar-refractivity contribution in [1.29, 1.82) is 0 Å². The van der Waals surface area contributed by atoms with Crippen LogP contribution in [-0.2, 0) is 4.79 Å². The highest BCUT2D eigenvalue weighted by Gasteiger charge is 2.63. The summed E-state index contributed by atoms with van der Waals surface area (Å²) in [4.78, 5) is 12.6. The summed E-state index contributed by atoms with van der Waals surface area (Å²) < 4.78 is 0.365. The van der Waals surface area contributed by atoms with E-state index in [9.17, 15) is 15.0 Å². The molecule has 0 aromatic rings. The molecule has 25 heavy (non-hydrogen) atoms. The van der Waals surface area contributed by atoms with E-state index in [1.807, 2.05) is 23.5 Å². The summed E-state index contributed by atoms with van der Waals surface area (Å²) in [6.07, 6.45) is 12.2. The van der Waals surface area contributed by atoms with E-state index in [1.54, 1.807) is 6.92 Å². The minimum atomic E-state index is -0.674. The number of carbonyl (C=O) groups is 1. The highest BCUT2D eigenvalue weighted by atomic mass is 32.2. The first-order valence-electron chi connectivity index (χ1n) is 10.1. The van der Waals surface area contributed by atoms with Crippen LogP contribution >= 0.6 is 23.5 Å². The molecule has 6 atom stereocenters. The van der Waals surface area contributed by atoms with Gasteiger partial charge in [0.1, 0.15) is 5.78 Å². The van der Waals surface area contributed by atoms with Crippen LogP contribution in [0.5, 0.6) is 0 Å². The van der Waals surface area contributed by atoms with Crippen molar-refractivity contribution in [2.75, 3.05) is 6.26 Å². The second kappa shape index (κ2) is 8.53. The molecule has 1 saturated heterocycles. The molecule has 2 saturated carbocycles. The summed E-state index contributed by atoms with van der Waals surface area (Å²) >= 11 is 3.67. The number of aliphatic hydroxyl groups excluding tert-OH is 2. The summed E-state index contributed by atoms with van der Waals surface area (Å²) in [5, 5.41) is 20.9. The van der Waals surface area contributed by atoms with Crippen LogP contribution in [0.3, 0.4) is 0 Å². The molecule has 1 aliphatic heterocycles. The average Bonchev–Trinajstić information content (AvgIpc) is 2.96. The van der Waals surface area contributed by atoms with Crippen LogP contribution < -0.4 is 0 Å². The number of hydrogen-bond acceptors (Lipinski definition) is 5. The molecule has 0 bridgehead atoms. The third kappa shape index (κ3) is 3.81. The van der Waals surface area contributed by atoms with Gasteiger partial charge in [-0.1, -0.05) is 38.5 Å². The van der Waals surface area contributed by atoms with Gasteiger partial charge in [0.2, 0.25) is 0 Å². The molecule has 3 rings (SSSR count). The Morgan fingerprint density at radius 2 is 1.64 bits per heavy atom. The molecule has 0 aromatic carbocycles. The van der Waals surface area contributed by atoms with Crippen LogP contribution in [0.1, 0.15) is 71.1 Å². The van der Waals surface area contributed by atoms with Crippen LogP contribution in [0.2, 0.25) is 0 Å². The van der Waals surface area contributed by atoms with Gasteiger partial charge < -0.3 is 10.2 Å². The minimum Gasteiger partial charge on any atom is -0.390 e. The van der Waals surface area contributed by atoms with Gasteiger partial charge in [0.25, 0.3) is 0 Å². The van der Waals surface area contributed by atoms with Crippen molar-refractivity contribution in [2.45, 2.75) is 93.2 Å². The molecule has 3 fully saturated rings.